The summed E-state index contributed by atoms with van der Waals surface area (Å²) in [5, 5.41) is 14.6. The molecule has 0 saturated carbocycles. The minimum atomic E-state index is -0.314. The first-order chi connectivity index (χ1) is 13.4. The monoisotopic (exact) mass is 434 g/mol. The number of aryl methyl sites for hydroxylation is 1. The average Bonchev–Trinajstić information content (AvgIpc) is 3.29. The van der Waals surface area contributed by atoms with Crippen molar-refractivity contribution in [2.75, 3.05) is 5.32 Å². The Balaban J connectivity index is 1.49. The maximum Gasteiger partial charge on any atom is 0.238 e. The van der Waals surface area contributed by atoms with E-state index in [4.69, 9.17) is 4.52 Å². The number of anilines is 1. The Morgan fingerprint density at radius 1 is 1.18 bits per heavy atom. The van der Waals surface area contributed by atoms with Gasteiger partial charge in [-0.15, -0.1) is 10.2 Å². The maximum absolute atomic E-state index is 12.3. The highest BCUT2D eigenvalue weighted by molar-refractivity contribution is 8.03. The van der Waals surface area contributed by atoms with Gasteiger partial charge in [0.25, 0.3) is 0 Å². The van der Waals surface area contributed by atoms with Gasteiger partial charge >= 0.3 is 0 Å². The van der Waals surface area contributed by atoms with E-state index in [1.807, 2.05) is 6.92 Å². The minimum absolute atomic E-state index is 0.145. The van der Waals surface area contributed by atoms with Crippen molar-refractivity contribution < 1.29 is 9.32 Å². The fourth-order valence-corrected chi connectivity index (χ4v) is 5.42. The molecule has 0 bridgehead atoms. The Kier molecular flexibility index (Phi) is 7.14. The molecule has 9 heteroatoms. The van der Waals surface area contributed by atoms with Crippen LogP contribution in [0.25, 0.3) is 0 Å². The molecule has 3 rings (SSSR count). The molecule has 0 fully saturated rings. The highest BCUT2D eigenvalue weighted by Crippen LogP contribution is 2.33. The van der Waals surface area contributed by atoms with E-state index >= 15 is 0 Å². The van der Waals surface area contributed by atoms with Crippen LogP contribution in [0, 0.1) is 6.92 Å². The van der Waals surface area contributed by atoms with Crippen LogP contribution in [0.3, 0.4) is 0 Å². The number of thioether (sulfide) groups is 2. The van der Waals surface area contributed by atoms with Gasteiger partial charge in [0, 0.05) is 11.8 Å². The van der Waals surface area contributed by atoms with Gasteiger partial charge in [0.2, 0.25) is 5.91 Å². The first kappa shape index (κ1) is 20.9. The molecule has 6 nitrogen and oxygen atoms in total. The molecule has 0 aliphatic rings. The summed E-state index contributed by atoms with van der Waals surface area (Å²) in [4.78, 5) is 12.3. The van der Waals surface area contributed by atoms with Crippen LogP contribution >= 0.6 is 34.9 Å². The molecule has 1 aromatic carbocycles. The van der Waals surface area contributed by atoms with E-state index in [9.17, 15) is 4.79 Å². The average molecular weight is 435 g/mol. The number of nitrogens with zero attached hydrogens (tertiary/aromatic N) is 3. The Labute approximate surface area is 176 Å². The third-order valence-electron chi connectivity index (χ3n) is 3.92. The van der Waals surface area contributed by atoms with Gasteiger partial charge in [0.05, 0.1) is 5.25 Å². The predicted octanol–water partition coefficient (Wildman–Crippen LogP) is 5.37. The second kappa shape index (κ2) is 9.58. The van der Waals surface area contributed by atoms with Crippen molar-refractivity contribution >= 4 is 46.6 Å². The first-order valence-corrected chi connectivity index (χ1v) is 11.5. The Hall–Kier alpha value is -1.84. The van der Waals surface area contributed by atoms with Crippen LogP contribution in [-0.4, -0.2) is 26.5 Å². The summed E-state index contributed by atoms with van der Waals surface area (Å²) in [5.74, 6) is 2.32. The summed E-state index contributed by atoms with van der Waals surface area (Å²) in [6.45, 7) is 7.99. The second-order valence-corrected chi connectivity index (χ2v) is 10.4. The molecule has 28 heavy (non-hydrogen) atoms. The van der Waals surface area contributed by atoms with Crippen LogP contribution < -0.4 is 5.32 Å². The molecular weight excluding hydrogens is 412 g/mol. The van der Waals surface area contributed by atoms with E-state index in [1.54, 1.807) is 24.8 Å². The smallest absolute Gasteiger partial charge is 0.238 e. The summed E-state index contributed by atoms with van der Waals surface area (Å²) < 4.78 is 6.63. The van der Waals surface area contributed by atoms with Crippen molar-refractivity contribution in [2.24, 2.45) is 0 Å². The lowest BCUT2D eigenvalue weighted by molar-refractivity contribution is -0.115. The van der Waals surface area contributed by atoms with Crippen molar-refractivity contribution in [1.29, 1.82) is 0 Å². The van der Waals surface area contributed by atoms with Crippen molar-refractivity contribution in [3.8, 4) is 0 Å². The molecule has 1 amide bonds. The van der Waals surface area contributed by atoms with E-state index in [1.165, 1.54) is 34.2 Å². The largest absolute Gasteiger partial charge is 0.360 e. The summed E-state index contributed by atoms with van der Waals surface area (Å²) in [7, 11) is 0. The Bertz CT molecular complexity index is 921. The fraction of sp³-hybridized carbons (Fsp3) is 0.368. The first-order valence-electron chi connectivity index (χ1n) is 8.86. The molecule has 1 atom stereocenters. The molecule has 2 heterocycles. The molecule has 1 N–H and O–H groups in total. The number of hydrogen-bond donors (Lipinski definition) is 1. The van der Waals surface area contributed by atoms with Gasteiger partial charge < -0.3 is 9.84 Å². The van der Waals surface area contributed by atoms with Gasteiger partial charge in [-0.25, -0.2) is 0 Å². The van der Waals surface area contributed by atoms with Gasteiger partial charge in [0.15, 0.2) is 14.5 Å². The normalized spacial score (nSPS) is 12.3. The third kappa shape index (κ3) is 5.83. The van der Waals surface area contributed by atoms with Crippen LogP contribution in [0.15, 0.2) is 43.5 Å². The molecule has 3 aromatic rings. The number of nitrogens with one attached hydrogen (secondary N) is 1. The zero-order valence-corrected chi connectivity index (χ0v) is 18.6. The fourth-order valence-electron chi connectivity index (χ4n) is 2.30. The Morgan fingerprint density at radius 3 is 2.54 bits per heavy atom. The van der Waals surface area contributed by atoms with Crippen molar-refractivity contribution in [3.05, 3.63) is 47.2 Å². The van der Waals surface area contributed by atoms with Gasteiger partial charge in [-0.1, -0.05) is 78.1 Å². The van der Waals surface area contributed by atoms with E-state index in [-0.39, 0.29) is 11.2 Å². The number of hydrogen-bond acceptors (Lipinski definition) is 8. The van der Waals surface area contributed by atoms with Gasteiger partial charge in [-0.3, -0.25) is 4.79 Å². The summed E-state index contributed by atoms with van der Waals surface area (Å²) >= 11 is 4.55. The molecule has 0 aliphatic heterocycles. The lowest BCUT2D eigenvalue weighted by Crippen LogP contribution is -2.22. The van der Waals surface area contributed by atoms with E-state index < -0.39 is 0 Å². The van der Waals surface area contributed by atoms with E-state index in [2.05, 4.69) is 58.8 Å². The lowest BCUT2D eigenvalue weighted by Gasteiger charge is -2.07. The van der Waals surface area contributed by atoms with E-state index in [0.29, 0.717) is 17.5 Å². The molecule has 0 saturated heterocycles. The van der Waals surface area contributed by atoms with Crippen LogP contribution in [0.1, 0.15) is 43.6 Å². The third-order valence-corrected chi connectivity index (χ3v) is 7.23. The standard InChI is InChI=1S/C19H22N4O2S3/c1-11(2)15-7-5-14(6-8-15)10-26-18-21-22-19(28-18)27-13(4)17(24)20-16-9-12(3)25-23-16/h5-9,11,13H,10H2,1-4H3,(H,20,23,24). The molecule has 1 unspecified atom stereocenters. The van der Waals surface area contributed by atoms with Crippen LogP contribution in [0.5, 0.6) is 0 Å². The SMILES string of the molecule is Cc1cc(NC(=O)C(C)Sc2nnc(SCc3ccc(C(C)C)cc3)s2)no1. The van der Waals surface area contributed by atoms with Crippen LogP contribution in [0.2, 0.25) is 0 Å². The number of aromatic nitrogens is 3. The zero-order valence-electron chi connectivity index (χ0n) is 16.1. The van der Waals surface area contributed by atoms with Crippen molar-refractivity contribution in [2.45, 2.75) is 53.3 Å². The summed E-state index contributed by atoms with van der Waals surface area (Å²) in [6, 6.07) is 10.4. The number of carbonyl (C=O) groups excluding carboxylic acids is 1. The van der Waals surface area contributed by atoms with Crippen LogP contribution in [0.4, 0.5) is 5.82 Å². The number of rotatable bonds is 8. The number of amides is 1. The summed E-state index contributed by atoms with van der Waals surface area (Å²) in [5.41, 5.74) is 2.60. The molecule has 148 valence electrons. The summed E-state index contributed by atoms with van der Waals surface area (Å²) in [6.07, 6.45) is 0. The van der Waals surface area contributed by atoms with Gasteiger partial charge in [0.1, 0.15) is 5.76 Å². The highest BCUT2D eigenvalue weighted by atomic mass is 32.2. The zero-order chi connectivity index (χ0) is 20.1. The van der Waals surface area contributed by atoms with Crippen molar-refractivity contribution in [3.63, 3.8) is 0 Å². The molecular formula is C19H22N4O2S3. The molecule has 0 aliphatic carbocycles. The maximum atomic E-state index is 12.3. The molecule has 2 aromatic heterocycles. The number of carbonyl (C=O) groups is 1. The highest BCUT2D eigenvalue weighted by Gasteiger charge is 2.18. The Morgan fingerprint density at radius 2 is 1.89 bits per heavy atom. The van der Waals surface area contributed by atoms with E-state index in [0.717, 1.165) is 14.4 Å². The molecule has 0 spiro atoms. The van der Waals surface area contributed by atoms with Crippen LogP contribution in [-0.2, 0) is 10.5 Å². The van der Waals surface area contributed by atoms with Crippen molar-refractivity contribution in [1.82, 2.24) is 15.4 Å². The van der Waals surface area contributed by atoms with Gasteiger partial charge in [-0.05, 0) is 30.9 Å². The quantitative estimate of drug-likeness (QED) is 0.477. The molecule has 0 radical (unpaired) electrons. The number of benzene rings is 1. The second-order valence-electron chi connectivity index (χ2n) is 6.59. The predicted molar refractivity (Wildman–Crippen MR) is 115 cm³/mol. The topological polar surface area (TPSA) is 80.9 Å². The minimum Gasteiger partial charge on any atom is -0.360 e. The van der Waals surface area contributed by atoms with Gasteiger partial charge in [-0.2, -0.15) is 0 Å². The lowest BCUT2D eigenvalue weighted by atomic mass is 10.0.